The van der Waals surface area contributed by atoms with Gasteiger partial charge in [0.2, 0.25) is 5.89 Å². The molecule has 0 fully saturated rings. The molecule has 3 aromatic rings. The van der Waals surface area contributed by atoms with Crippen molar-refractivity contribution >= 4 is 27.6 Å². The summed E-state index contributed by atoms with van der Waals surface area (Å²) < 4.78 is 44.0. The topological polar surface area (TPSA) is 69.1 Å². The van der Waals surface area contributed by atoms with Gasteiger partial charge in [-0.15, -0.1) is 0 Å². The fourth-order valence-electron chi connectivity index (χ4n) is 1.93. The van der Waals surface area contributed by atoms with Gasteiger partial charge < -0.3 is 10.2 Å². The fraction of sp³-hybridized carbons (Fsp3) is 0.0714. The van der Waals surface area contributed by atoms with Crippen LogP contribution in [0.2, 0.25) is 0 Å². The maximum Gasteiger partial charge on any atom is 0.208 e. The molecule has 1 unspecified atom stereocenters. The van der Waals surface area contributed by atoms with E-state index in [1.807, 2.05) is 0 Å². The van der Waals surface area contributed by atoms with Gasteiger partial charge in [-0.3, -0.25) is 4.21 Å². The van der Waals surface area contributed by atoms with E-state index >= 15 is 0 Å². The van der Waals surface area contributed by atoms with Gasteiger partial charge in [-0.1, -0.05) is 6.07 Å². The Labute approximate surface area is 121 Å². The zero-order valence-electron chi connectivity index (χ0n) is 10.7. The first-order valence-corrected chi connectivity index (χ1v) is 7.34. The Morgan fingerprint density at radius 1 is 1.24 bits per heavy atom. The minimum atomic E-state index is -1.73. The van der Waals surface area contributed by atoms with E-state index < -0.39 is 22.4 Å². The second-order valence-electron chi connectivity index (χ2n) is 4.37. The van der Waals surface area contributed by atoms with Gasteiger partial charge in [0.05, 0.1) is 21.4 Å². The molecule has 3 rings (SSSR count). The molecule has 1 atom stereocenters. The smallest absolute Gasteiger partial charge is 0.208 e. The molecule has 1 aromatic heterocycles. The molecule has 0 amide bonds. The zero-order valence-corrected chi connectivity index (χ0v) is 11.5. The second-order valence-corrected chi connectivity index (χ2v) is 5.79. The van der Waals surface area contributed by atoms with Crippen LogP contribution in [0.15, 0.2) is 45.7 Å². The van der Waals surface area contributed by atoms with Crippen molar-refractivity contribution in [1.29, 1.82) is 0 Å². The van der Waals surface area contributed by atoms with Crippen molar-refractivity contribution in [3.63, 3.8) is 0 Å². The maximum atomic E-state index is 13.6. The molecule has 0 radical (unpaired) electrons. The zero-order chi connectivity index (χ0) is 15.0. The van der Waals surface area contributed by atoms with E-state index in [0.717, 1.165) is 12.1 Å². The van der Waals surface area contributed by atoms with Crippen LogP contribution in [-0.4, -0.2) is 9.19 Å². The van der Waals surface area contributed by atoms with Gasteiger partial charge in [0.15, 0.2) is 5.58 Å². The lowest BCUT2D eigenvalue weighted by atomic mass is 10.3. The molecule has 0 saturated heterocycles. The molecule has 0 spiro atoms. The summed E-state index contributed by atoms with van der Waals surface area (Å²) in [7, 11) is -1.73. The molecule has 0 bridgehead atoms. The second kappa shape index (κ2) is 5.25. The van der Waals surface area contributed by atoms with Crippen LogP contribution in [-0.2, 0) is 16.6 Å². The summed E-state index contributed by atoms with van der Waals surface area (Å²) in [6.45, 7) is 0. The van der Waals surface area contributed by atoms with Crippen LogP contribution in [0, 0.1) is 11.6 Å². The summed E-state index contributed by atoms with van der Waals surface area (Å²) in [5, 5.41) is 0. The highest BCUT2D eigenvalue weighted by molar-refractivity contribution is 7.84. The average Bonchev–Trinajstić information content (AvgIpc) is 2.82. The van der Waals surface area contributed by atoms with E-state index in [-0.39, 0.29) is 16.5 Å². The molecule has 108 valence electrons. The number of para-hydroxylation sites is 1. The van der Waals surface area contributed by atoms with Gasteiger partial charge in [0.25, 0.3) is 0 Å². The average molecular weight is 308 g/mol. The van der Waals surface area contributed by atoms with E-state index in [4.69, 9.17) is 10.2 Å². The third-order valence-corrected chi connectivity index (χ3v) is 4.22. The highest BCUT2D eigenvalue weighted by atomic mass is 32.2. The van der Waals surface area contributed by atoms with Crippen molar-refractivity contribution in [3.05, 3.63) is 53.9 Å². The van der Waals surface area contributed by atoms with Crippen molar-refractivity contribution in [2.45, 2.75) is 10.6 Å². The van der Waals surface area contributed by atoms with Crippen LogP contribution in [0.1, 0.15) is 5.89 Å². The van der Waals surface area contributed by atoms with Crippen molar-refractivity contribution in [2.75, 3.05) is 5.73 Å². The predicted molar refractivity (Wildman–Crippen MR) is 74.9 cm³/mol. The van der Waals surface area contributed by atoms with Crippen LogP contribution >= 0.6 is 0 Å². The molecular formula is C14H10F2N2O2S. The van der Waals surface area contributed by atoms with Crippen molar-refractivity contribution < 1.29 is 17.4 Å². The minimum absolute atomic E-state index is 0.0911. The van der Waals surface area contributed by atoms with Crippen LogP contribution in [0.25, 0.3) is 11.1 Å². The number of fused-ring (bicyclic) bond motifs is 1. The first kappa shape index (κ1) is 13.7. The van der Waals surface area contributed by atoms with Crippen molar-refractivity contribution in [1.82, 2.24) is 4.98 Å². The van der Waals surface area contributed by atoms with E-state index in [1.165, 1.54) is 0 Å². The summed E-state index contributed by atoms with van der Waals surface area (Å²) in [4.78, 5) is 4.05. The monoisotopic (exact) mass is 308 g/mol. The largest absolute Gasteiger partial charge is 0.440 e. The van der Waals surface area contributed by atoms with E-state index in [1.54, 1.807) is 18.2 Å². The molecule has 0 aliphatic rings. The lowest BCUT2D eigenvalue weighted by Crippen LogP contribution is -2.00. The molecule has 0 aliphatic heterocycles. The Morgan fingerprint density at radius 2 is 2.05 bits per heavy atom. The minimum Gasteiger partial charge on any atom is -0.440 e. The number of anilines is 1. The molecule has 0 aliphatic carbocycles. The fourth-order valence-corrected chi connectivity index (χ4v) is 2.93. The number of nitrogens with two attached hydrogens (primary N) is 1. The van der Waals surface area contributed by atoms with Gasteiger partial charge >= 0.3 is 0 Å². The van der Waals surface area contributed by atoms with E-state index in [9.17, 15) is 13.0 Å². The number of benzene rings is 2. The Bertz CT molecular complexity index is 848. The molecule has 2 N–H and O–H groups in total. The highest BCUT2D eigenvalue weighted by Crippen LogP contribution is 2.23. The third kappa shape index (κ3) is 2.64. The Kier molecular flexibility index (Phi) is 3.42. The SMILES string of the molecule is Nc1cccc2oc(CS(=O)c3ccc(F)cc3F)nc12. The van der Waals surface area contributed by atoms with Gasteiger partial charge in [-0.2, -0.15) is 0 Å². The molecule has 2 aromatic carbocycles. The molecule has 7 heteroatoms. The first-order chi connectivity index (χ1) is 10.0. The van der Waals surface area contributed by atoms with Crippen molar-refractivity contribution in [2.24, 2.45) is 0 Å². The molecule has 21 heavy (non-hydrogen) atoms. The van der Waals surface area contributed by atoms with Gasteiger partial charge in [-0.25, -0.2) is 13.8 Å². The molecule has 1 heterocycles. The summed E-state index contributed by atoms with van der Waals surface area (Å²) in [6.07, 6.45) is 0. The Morgan fingerprint density at radius 3 is 2.76 bits per heavy atom. The van der Waals surface area contributed by atoms with Crippen LogP contribution in [0.5, 0.6) is 0 Å². The standard InChI is InChI=1S/C14H10F2N2O2S/c15-8-4-5-12(9(16)6-8)21(19)7-13-18-14-10(17)2-1-3-11(14)20-13/h1-6H,7,17H2. The predicted octanol–water partition coefficient (Wildman–Crippen LogP) is 3.00. The summed E-state index contributed by atoms with van der Waals surface area (Å²) in [6, 6.07) is 7.97. The number of rotatable bonds is 3. The molecule has 4 nitrogen and oxygen atoms in total. The Balaban J connectivity index is 1.91. The highest BCUT2D eigenvalue weighted by Gasteiger charge is 2.16. The first-order valence-electron chi connectivity index (χ1n) is 6.02. The molecular weight excluding hydrogens is 298 g/mol. The van der Waals surface area contributed by atoms with Gasteiger partial charge in [-0.05, 0) is 24.3 Å². The number of nitrogens with zero attached hydrogens (tertiary/aromatic N) is 1. The van der Waals surface area contributed by atoms with Crippen molar-refractivity contribution in [3.8, 4) is 0 Å². The summed E-state index contributed by atoms with van der Waals surface area (Å²) in [5.74, 6) is -1.51. The van der Waals surface area contributed by atoms with Crippen LogP contribution in [0.3, 0.4) is 0 Å². The normalized spacial score (nSPS) is 12.7. The molecule has 0 saturated carbocycles. The van der Waals surface area contributed by atoms with E-state index in [0.29, 0.717) is 22.9 Å². The number of hydrogen-bond acceptors (Lipinski definition) is 4. The number of aromatic nitrogens is 1. The number of oxazole rings is 1. The summed E-state index contributed by atoms with van der Waals surface area (Å²) >= 11 is 0. The Hall–Kier alpha value is -2.28. The third-order valence-electron chi connectivity index (χ3n) is 2.89. The van der Waals surface area contributed by atoms with Gasteiger partial charge in [0, 0.05) is 6.07 Å². The number of halogens is 2. The quantitative estimate of drug-likeness (QED) is 0.755. The van der Waals surface area contributed by atoms with E-state index in [2.05, 4.69) is 4.98 Å². The lowest BCUT2D eigenvalue weighted by molar-refractivity contribution is 0.548. The lowest BCUT2D eigenvalue weighted by Gasteiger charge is -2.01. The number of nitrogen functional groups attached to an aromatic ring is 1. The van der Waals surface area contributed by atoms with Crippen LogP contribution in [0.4, 0.5) is 14.5 Å². The maximum absolute atomic E-state index is 13.6. The summed E-state index contributed by atoms with van der Waals surface area (Å²) in [5.41, 5.74) is 7.15. The van der Waals surface area contributed by atoms with Gasteiger partial charge in [0.1, 0.15) is 22.9 Å². The number of hydrogen-bond donors (Lipinski definition) is 1. The van der Waals surface area contributed by atoms with Crippen LogP contribution < -0.4 is 5.73 Å².